The fourth-order valence-electron chi connectivity index (χ4n) is 2.15. The zero-order valence-corrected chi connectivity index (χ0v) is 16.1. The van der Waals surface area contributed by atoms with E-state index in [0.29, 0.717) is 0 Å². The van der Waals surface area contributed by atoms with E-state index in [1.54, 1.807) is 0 Å². The third-order valence-corrected chi connectivity index (χ3v) is 3.68. The minimum absolute atomic E-state index is 0. The van der Waals surface area contributed by atoms with Gasteiger partial charge in [0.2, 0.25) is 0 Å². The molecule has 1 heterocycles. The van der Waals surface area contributed by atoms with Gasteiger partial charge in [0.05, 0.1) is 12.2 Å². The Morgan fingerprint density at radius 3 is 2.67 bits per heavy atom. The van der Waals surface area contributed by atoms with Crippen LogP contribution in [0.4, 0.5) is 0 Å². The minimum atomic E-state index is 0. The summed E-state index contributed by atoms with van der Waals surface area (Å²) in [6.45, 7) is 6.23. The van der Waals surface area contributed by atoms with Gasteiger partial charge in [0.1, 0.15) is 0 Å². The second-order valence-corrected chi connectivity index (χ2v) is 5.17. The highest BCUT2D eigenvalue weighted by atomic mass is 127. The molecule has 0 saturated carbocycles. The molecule has 5 nitrogen and oxygen atoms in total. The first-order valence-corrected chi connectivity index (χ1v) is 7.62. The van der Waals surface area contributed by atoms with E-state index in [0.717, 1.165) is 30.7 Å². The van der Waals surface area contributed by atoms with Crippen molar-refractivity contribution in [2.75, 3.05) is 13.6 Å². The van der Waals surface area contributed by atoms with E-state index in [-0.39, 0.29) is 24.0 Å². The number of rotatable bonds is 8. The summed E-state index contributed by atoms with van der Waals surface area (Å²) >= 11 is 0. The van der Waals surface area contributed by atoms with Crippen LogP contribution in [0.3, 0.4) is 0 Å². The normalized spacial score (nSPS) is 12.7. The zero-order chi connectivity index (χ0) is 14.8. The Labute approximate surface area is 146 Å². The molecule has 0 fully saturated rings. The molecule has 6 heteroatoms. The molecule has 1 atom stereocenters. The molecule has 0 aliphatic rings. The van der Waals surface area contributed by atoms with Gasteiger partial charge in [-0.05, 0) is 18.4 Å². The molecule has 1 unspecified atom stereocenters. The highest BCUT2D eigenvalue weighted by Crippen LogP contribution is 2.11. The Bertz CT molecular complexity index is 403. The fraction of sp³-hybridized carbons (Fsp3) is 0.733. The molecule has 0 saturated heterocycles. The van der Waals surface area contributed by atoms with Crippen molar-refractivity contribution in [3.8, 4) is 0 Å². The van der Waals surface area contributed by atoms with Crippen LogP contribution in [0.5, 0.6) is 0 Å². The number of hydrogen-bond donors (Lipinski definition) is 2. The molecule has 0 radical (unpaired) electrons. The topological polar surface area (TPSA) is 54.2 Å². The lowest BCUT2D eigenvalue weighted by Crippen LogP contribution is -2.39. The van der Waals surface area contributed by atoms with Gasteiger partial charge in [-0.3, -0.25) is 9.67 Å². The molecule has 0 amide bonds. The van der Waals surface area contributed by atoms with E-state index in [2.05, 4.69) is 34.6 Å². The Kier molecular flexibility index (Phi) is 11.4. The summed E-state index contributed by atoms with van der Waals surface area (Å²) in [7, 11) is 3.76. The zero-order valence-electron chi connectivity index (χ0n) is 13.7. The number of hydrogen-bond acceptors (Lipinski definition) is 2. The molecule has 2 N–H and O–H groups in total. The summed E-state index contributed by atoms with van der Waals surface area (Å²) < 4.78 is 1.87. The van der Waals surface area contributed by atoms with E-state index in [1.165, 1.54) is 25.7 Å². The summed E-state index contributed by atoms with van der Waals surface area (Å²) in [6.07, 6.45) is 6.89. The highest BCUT2D eigenvalue weighted by Gasteiger charge is 2.07. The predicted octanol–water partition coefficient (Wildman–Crippen LogP) is 2.92. The molecule has 1 rings (SSSR count). The second kappa shape index (κ2) is 11.8. The van der Waals surface area contributed by atoms with Crippen molar-refractivity contribution >= 4 is 29.9 Å². The first-order chi connectivity index (χ1) is 9.71. The number of nitrogens with zero attached hydrogens (tertiary/aromatic N) is 3. The Morgan fingerprint density at radius 2 is 2.14 bits per heavy atom. The minimum Gasteiger partial charge on any atom is -0.356 e. The standard InChI is InChI=1S/C15H29N5.HI/c1-5-7-8-13(6-2)11-17-15(16-3)18-12-14-9-10-19-20(14)4;/h9-10,13H,5-8,11-12H2,1-4H3,(H2,16,17,18);1H. The van der Waals surface area contributed by atoms with E-state index in [1.807, 2.05) is 31.0 Å². The lowest BCUT2D eigenvalue weighted by Gasteiger charge is -2.18. The molecule has 1 aromatic heterocycles. The van der Waals surface area contributed by atoms with Gasteiger partial charge in [-0.15, -0.1) is 24.0 Å². The van der Waals surface area contributed by atoms with Crippen molar-refractivity contribution in [2.45, 2.75) is 46.1 Å². The Morgan fingerprint density at radius 1 is 1.38 bits per heavy atom. The average molecular weight is 407 g/mol. The van der Waals surface area contributed by atoms with E-state index < -0.39 is 0 Å². The fourth-order valence-corrected chi connectivity index (χ4v) is 2.15. The number of unbranched alkanes of at least 4 members (excludes halogenated alkanes) is 1. The first kappa shape index (κ1) is 20.2. The van der Waals surface area contributed by atoms with Gasteiger partial charge in [0, 0.05) is 26.8 Å². The SMILES string of the molecule is CCCCC(CC)CNC(=NC)NCc1ccnn1C.I. The van der Waals surface area contributed by atoms with Gasteiger partial charge in [-0.2, -0.15) is 5.10 Å². The van der Waals surface area contributed by atoms with Crippen LogP contribution < -0.4 is 10.6 Å². The highest BCUT2D eigenvalue weighted by molar-refractivity contribution is 14.0. The molecule has 1 aromatic rings. The summed E-state index contributed by atoms with van der Waals surface area (Å²) in [5, 5.41) is 10.9. The molecule has 0 aromatic carbocycles. The molecular formula is C15H30IN5. The van der Waals surface area contributed by atoms with Crippen molar-refractivity contribution < 1.29 is 0 Å². The molecule has 0 bridgehead atoms. The van der Waals surface area contributed by atoms with Gasteiger partial charge in [-0.25, -0.2) is 0 Å². The van der Waals surface area contributed by atoms with Crippen LogP contribution in [-0.2, 0) is 13.6 Å². The van der Waals surface area contributed by atoms with Crippen molar-refractivity contribution in [3.63, 3.8) is 0 Å². The van der Waals surface area contributed by atoms with Gasteiger partial charge in [0.25, 0.3) is 0 Å². The number of guanidine groups is 1. The monoisotopic (exact) mass is 407 g/mol. The number of aromatic nitrogens is 2. The van der Waals surface area contributed by atoms with Crippen LogP contribution in [0, 0.1) is 5.92 Å². The maximum absolute atomic E-state index is 4.27. The number of aliphatic imine (C=N–C) groups is 1. The molecule has 0 aliphatic heterocycles. The number of aryl methyl sites for hydroxylation is 1. The quantitative estimate of drug-likeness (QED) is 0.396. The molecule has 0 spiro atoms. The molecule has 0 aliphatic carbocycles. The van der Waals surface area contributed by atoms with Crippen molar-refractivity contribution in [3.05, 3.63) is 18.0 Å². The van der Waals surface area contributed by atoms with Crippen molar-refractivity contribution in [2.24, 2.45) is 18.0 Å². The average Bonchev–Trinajstić information content (AvgIpc) is 2.87. The van der Waals surface area contributed by atoms with Crippen LogP contribution in [0.15, 0.2) is 17.3 Å². The van der Waals surface area contributed by atoms with Crippen LogP contribution in [-0.4, -0.2) is 29.3 Å². The number of nitrogens with one attached hydrogen (secondary N) is 2. The predicted molar refractivity (Wildman–Crippen MR) is 100 cm³/mol. The van der Waals surface area contributed by atoms with E-state index in [9.17, 15) is 0 Å². The third-order valence-electron chi connectivity index (χ3n) is 3.68. The molecule has 122 valence electrons. The summed E-state index contributed by atoms with van der Waals surface area (Å²) in [5.74, 6) is 1.59. The maximum Gasteiger partial charge on any atom is 0.191 e. The van der Waals surface area contributed by atoms with Gasteiger partial charge in [0.15, 0.2) is 5.96 Å². The van der Waals surface area contributed by atoms with Crippen LogP contribution in [0.1, 0.15) is 45.2 Å². The Hall–Kier alpha value is -0.790. The van der Waals surface area contributed by atoms with E-state index >= 15 is 0 Å². The summed E-state index contributed by atoms with van der Waals surface area (Å²) in [4.78, 5) is 4.27. The summed E-state index contributed by atoms with van der Waals surface area (Å²) in [5.41, 5.74) is 1.14. The number of halogens is 1. The van der Waals surface area contributed by atoms with Crippen LogP contribution in [0.25, 0.3) is 0 Å². The van der Waals surface area contributed by atoms with Gasteiger partial charge < -0.3 is 10.6 Å². The van der Waals surface area contributed by atoms with E-state index in [4.69, 9.17) is 0 Å². The summed E-state index contributed by atoms with van der Waals surface area (Å²) in [6, 6.07) is 2.01. The lowest BCUT2D eigenvalue weighted by atomic mass is 9.99. The molecule has 21 heavy (non-hydrogen) atoms. The smallest absolute Gasteiger partial charge is 0.191 e. The second-order valence-electron chi connectivity index (χ2n) is 5.17. The third kappa shape index (κ3) is 7.68. The van der Waals surface area contributed by atoms with Gasteiger partial charge >= 0.3 is 0 Å². The van der Waals surface area contributed by atoms with Crippen LogP contribution >= 0.6 is 24.0 Å². The van der Waals surface area contributed by atoms with Crippen molar-refractivity contribution in [1.82, 2.24) is 20.4 Å². The Balaban J connectivity index is 0.00000400. The van der Waals surface area contributed by atoms with Gasteiger partial charge in [-0.1, -0.05) is 33.1 Å². The largest absolute Gasteiger partial charge is 0.356 e. The molecular weight excluding hydrogens is 377 g/mol. The lowest BCUT2D eigenvalue weighted by molar-refractivity contribution is 0.443. The maximum atomic E-state index is 4.27. The first-order valence-electron chi connectivity index (χ1n) is 7.62. The van der Waals surface area contributed by atoms with Crippen molar-refractivity contribution in [1.29, 1.82) is 0 Å². The van der Waals surface area contributed by atoms with Crippen LogP contribution in [0.2, 0.25) is 0 Å².